The van der Waals surface area contributed by atoms with Crippen molar-refractivity contribution in [2.75, 3.05) is 26.2 Å². The molecule has 2 fully saturated rings. The molecule has 1 saturated carbocycles. The number of carbonyl (C=O) groups is 2. The van der Waals surface area contributed by atoms with E-state index in [2.05, 4.69) is 10.2 Å². The maximum absolute atomic E-state index is 14.9. The summed E-state index contributed by atoms with van der Waals surface area (Å²) in [5.41, 5.74) is 8.55. The van der Waals surface area contributed by atoms with Gasteiger partial charge in [-0.1, -0.05) is 24.3 Å². The standard InChI is InChI=1S/C23H24FN5O2/c1-14-3-2-4-17-19(14)26-27-20(17)15-5-6-16(18(24)13-15)21(30)28-9-11-29(12-10-28)22(31)23(25)7-8-23/h2-6,13H,7-12,25H2,1H3,(H,26,27). The molecule has 160 valence electrons. The van der Waals surface area contributed by atoms with Gasteiger partial charge in [-0.05, 0) is 37.5 Å². The largest absolute Gasteiger partial charge is 0.338 e. The number of benzene rings is 2. The minimum absolute atomic E-state index is 0.0287. The lowest BCUT2D eigenvalue weighted by atomic mass is 10.0. The van der Waals surface area contributed by atoms with Gasteiger partial charge in [0, 0.05) is 37.1 Å². The van der Waals surface area contributed by atoms with Gasteiger partial charge in [0.25, 0.3) is 5.91 Å². The normalized spacial score (nSPS) is 17.8. The zero-order chi connectivity index (χ0) is 21.8. The van der Waals surface area contributed by atoms with E-state index < -0.39 is 11.4 Å². The molecule has 0 radical (unpaired) electrons. The highest BCUT2D eigenvalue weighted by Crippen LogP contribution is 2.34. The van der Waals surface area contributed by atoms with E-state index in [1.54, 1.807) is 15.9 Å². The fourth-order valence-corrected chi connectivity index (χ4v) is 4.19. The Bertz CT molecular complexity index is 1190. The van der Waals surface area contributed by atoms with E-state index in [-0.39, 0.29) is 17.4 Å². The Balaban J connectivity index is 1.33. The van der Waals surface area contributed by atoms with Crippen LogP contribution in [0.1, 0.15) is 28.8 Å². The number of amides is 2. The minimum atomic E-state index is -0.705. The molecule has 2 aromatic carbocycles. The summed E-state index contributed by atoms with van der Waals surface area (Å²) in [5.74, 6) is -0.984. The van der Waals surface area contributed by atoms with Gasteiger partial charge in [-0.2, -0.15) is 5.10 Å². The fourth-order valence-electron chi connectivity index (χ4n) is 4.19. The Labute approximate surface area is 179 Å². The molecular weight excluding hydrogens is 397 g/mol. The lowest BCUT2D eigenvalue weighted by molar-refractivity contribution is -0.135. The quantitative estimate of drug-likeness (QED) is 0.679. The van der Waals surface area contributed by atoms with Crippen LogP contribution in [0, 0.1) is 12.7 Å². The second kappa shape index (κ2) is 7.16. The summed E-state index contributed by atoms with van der Waals surface area (Å²) >= 11 is 0. The number of aryl methyl sites for hydroxylation is 1. The van der Waals surface area contributed by atoms with Crippen molar-refractivity contribution in [3.8, 4) is 11.3 Å². The average molecular weight is 421 g/mol. The van der Waals surface area contributed by atoms with E-state index in [9.17, 15) is 14.0 Å². The number of fused-ring (bicyclic) bond motifs is 1. The number of halogens is 1. The van der Waals surface area contributed by atoms with Crippen LogP contribution >= 0.6 is 0 Å². The molecule has 2 aliphatic rings. The highest BCUT2D eigenvalue weighted by Gasteiger charge is 2.48. The third kappa shape index (κ3) is 3.37. The van der Waals surface area contributed by atoms with Crippen molar-refractivity contribution in [2.45, 2.75) is 25.3 Å². The van der Waals surface area contributed by atoms with Gasteiger partial charge in [0.1, 0.15) is 5.82 Å². The molecule has 0 bridgehead atoms. The lowest BCUT2D eigenvalue weighted by Crippen LogP contribution is -2.55. The van der Waals surface area contributed by atoms with E-state index in [0.29, 0.717) is 44.6 Å². The van der Waals surface area contributed by atoms with E-state index in [0.717, 1.165) is 22.2 Å². The highest BCUT2D eigenvalue weighted by molar-refractivity contribution is 5.97. The minimum Gasteiger partial charge on any atom is -0.338 e. The number of para-hydroxylation sites is 1. The number of aromatic amines is 1. The van der Waals surface area contributed by atoms with Crippen LogP contribution in [0.2, 0.25) is 0 Å². The summed E-state index contributed by atoms with van der Waals surface area (Å²) in [6.07, 6.45) is 1.43. The number of nitrogens with zero attached hydrogens (tertiary/aromatic N) is 3. The lowest BCUT2D eigenvalue weighted by Gasteiger charge is -2.36. The number of H-pyrrole nitrogens is 1. The van der Waals surface area contributed by atoms with Crippen molar-refractivity contribution >= 4 is 22.7 Å². The van der Waals surface area contributed by atoms with Crippen LogP contribution in [0.5, 0.6) is 0 Å². The van der Waals surface area contributed by atoms with Crippen molar-refractivity contribution < 1.29 is 14.0 Å². The van der Waals surface area contributed by atoms with E-state index in [1.807, 2.05) is 25.1 Å². The van der Waals surface area contributed by atoms with Crippen LogP contribution < -0.4 is 5.73 Å². The summed E-state index contributed by atoms with van der Waals surface area (Å²) in [7, 11) is 0. The van der Waals surface area contributed by atoms with Crippen molar-refractivity contribution in [1.29, 1.82) is 0 Å². The Morgan fingerprint density at radius 3 is 2.48 bits per heavy atom. The highest BCUT2D eigenvalue weighted by atomic mass is 19.1. The zero-order valence-electron chi connectivity index (χ0n) is 17.3. The van der Waals surface area contributed by atoms with Crippen molar-refractivity contribution in [3.63, 3.8) is 0 Å². The van der Waals surface area contributed by atoms with Gasteiger partial charge in [-0.25, -0.2) is 4.39 Å². The molecule has 0 unspecified atom stereocenters. The molecular formula is C23H24FN5O2. The summed E-state index contributed by atoms with van der Waals surface area (Å²) in [5, 5.41) is 8.23. The number of piperazine rings is 1. The average Bonchev–Trinajstić information content (AvgIpc) is 3.37. The third-order valence-corrected chi connectivity index (χ3v) is 6.34. The van der Waals surface area contributed by atoms with Crippen molar-refractivity contribution in [1.82, 2.24) is 20.0 Å². The van der Waals surface area contributed by atoms with Crippen LogP contribution in [0.4, 0.5) is 4.39 Å². The SMILES string of the molecule is Cc1cccc2c(-c3ccc(C(=O)N4CCN(C(=O)C5(N)CC5)CC4)c(F)c3)[nH]nc12. The number of nitrogens with two attached hydrogens (primary N) is 1. The molecule has 5 rings (SSSR count). The van der Waals surface area contributed by atoms with Gasteiger partial charge in [-0.15, -0.1) is 0 Å². The first kappa shape index (κ1) is 19.7. The fraction of sp³-hybridized carbons (Fsp3) is 0.348. The molecule has 8 heteroatoms. The van der Waals surface area contributed by atoms with Gasteiger partial charge < -0.3 is 15.5 Å². The van der Waals surface area contributed by atoms with Crippen molar-refractivity contribution in [3.05, 3.63) is 53.3 Å². The molecule has 2 amide bonds. The number of aromatic nitrogens is 2. The first-order valence-electron chi connectivity index (χ1n) is 10.5. The summed E-state index contributed by atoms with van der Waals surface area (Å²) in [6.45, 7) is 3.55. The Morgan fingerprint density at radius 1 is 1.10 bits per heavy atom. The van der Waals surface area contributed by atoms with Crippen LogP contribution in [-0.4, -0.2) is 63.5 Å². The molecule has 1 aliphatic carbocycles. The summed E-state index contributed by atoms with van der Waals surface area (Å²) in [6, 6.07) is 10.5. The predicted molar refractivity (Wildman–Crippen MR) is 115 cm³/mol. The molecule has 1 aromatic heterocycles. The van der Waals surface area contributed by atoms with Gasteiger partial charge >= 0.3 is 0 Å². The first-order valence-corrected chi connectivity index (χ1v) is 10.5. The maximum atomic E-state index is 14.9. The number of carbonyl (C=O) groups excluding carboxylic acids is 2. The van der Waals surface area contributed by atoms with Crippen LogP contribution in [-0.2, 0) is 4.79 Å². The Morgan fingerprint density at radius 2 is 1.81 bits per heavy atom. The molecule has 1 saturated heterocycles. The van der Waals surface area contributed by atoms with Gasteiger partial charge in [-0.3, -0.25) is 14.7 Å². The molecule has 1 aliphatic heterocycles. The predicted octanol–water partition coefficient (Wildman–Crippen LogP) is 2.45. The molecule has 3 aromatic rings. The van der Waals surface area contributed by atoms with Crippen molar-refractivity contribution in [2.24, 2.45) is 5.73 Å². The second-order valence-electron chi connectivity index (χ2n) is 8.50. The summed E-state index contributed by atoms with van der Waals surface area (Å²) in [4.78, 5) is 28.6. The molecule has 2 heterocycles. The summed E-state index contributed by atoms with van der Waals surface area (Å²) < 4.78 is 14.9. The zero-order valence-corrected chi connectivity index (χ0v) is 17.3. The smallest absolute Gasteiger partial charge is 0.256 e. The number of hydrogen-bond acceptors (Lipinski definition) is 4. The molecule has 7 nitrogen and oxygen atoms in total. The monoisotopic (exact) mass is 421 g/mol. The van der Waals surface area contributed by atoms with Crippen LogP contribution in [0.25, 0.3) is 22.2 Å². The molecule has 3 N–H and O–H groups in total. The van der Waals surface area contributed by atoms with Gasteiger partial charge in [0.05, 0.1) is 22.3 Å². The molecule has 31 heavy (non-hydrogen) atoms. The third-order valence-electron chi connectivity index (χ3n) is 6.34. The van der Waals surface area contributed by atoms with Gasteiger partial charge in [0.2, 0.25) is 5.91 Å². The van der Waals surface area contributed by atoms with Gasteiger partial charge in [0.15, 0.2) is 0 Å². The Kier molecular flexibility index (Phi) is 4.55. The number of hydrogen-bond donors (Lipinski definition) is 2. The number of rotatable bonds is 3. The molecule has 0 atom stereocenters. The topological polar surface area (TPSA) is 95.3 Å². The van der Waals surface area contributed by atoms with E-state index in [1.165, 1.54) is 12.1 Å². The van der Waals surface area contributed by atoms with Crippen LogP contribution in [0.15, 0.2) is 36.4 Å². The van der Waals surface area contributed by atoms with E-state index in [4.69, 9.17) is 5.73 Å². The maximum Gasteiger partial charge on any atom is 0.256 e. The Hall–Kier alpha value is -3.26. The second-order valence-corrected chi connectivity index (χ2v) is 8.50. The molecule has 0 spiro atoms. The van der Waals surface area contributed by atoms with E-state index >= 15 is 0 Å². The van der Waals surface area contributed by atoms with Crippen LogP contribution in [0.3, 0.4) is 0 Å². The first-order chi connectivity index (χ1) is 14.9. The number of nitrogens with one attached hydrogen (secondary N) is 1.